The Balaban J connectivity index is 1.63. The van der Waals surface area contributed by atoms with Crippen LogP contribution in [0.25, 0.3) is 5.69 Å². The molecule has 4 rings (SSSR count). The largest absolute Gasteiger partial charge is 0.312 e. The lowest BCUT2D eigenvalue weighted by molar-refractivity contribution is -0.116. The molecular weight excluding hydrogens is 400 g/mol. The van der Waals surface area contributed by atoms with Gasteiger partial charge in [-0.3, -0.25) is 9.52 Å². The number of carbonyl (C=O) groups is 1. The van der Waals surface area contributed by atoms with Crippen molar-refractivity contribution in [1.82, 2.24) is 9.78 Å². The second-order valence-electron chi connectivity index (χ2n) is 7.56. The van der Waals surface area contributed by atoms with E-state index in [-0.39, 0.29) is 10.8 Å². The van der Waals surface area contributed by atoms with Crippen LogP contribution >= 0.6 is 0 Å². The van der Waals surface area contributed by atoms with E-state index in [2.05, 4.69) is 9.82 Å². The van der Waals surface area contributed by atoms with E-state index in [1.807, 2.05) is 26.0 Å². The summed E-state index contributed by atoms with van der Waals surface area (Å²) in [6, 6.07) is 14.0. The Morgan fingerprint density at radius 2 is 1.90 bits per heavy atom. The molecule has 8 heteroatoms. The fraction of sp³-hybridized carbons (Fsp3) is 0.273. The van der Waals surface area contributed by atoms with Gasteiger partial charge in [0.05, 0.1) is 22.0 Å². The average Bonchev–Trinajstić information content (AvgIpc) is 3.05. The standard InChI is InChI=1S/C22H24N4O3S/c1-15-12-16(2)26(23-15)20-8-4-7-19(14-20)24-30(28,29)21-9-10-22-18(13-21)6-5-11-25(22)17(3)27/h4,7-10,12-14,24H,5-6,11H2,1-3H3. The zero-order chi connectivity index (χ0) is 21.5. The van der Waals surface area contributed by atoms with Gasteiger partial charge >= 0.3 is 0 Å². The number of aromatic nitrogens is 2. The molecule has 0 bridgehead atoms. The Labute approximate surface area is 176 Å². The summed E-state index contributed by atoms with van der Waals surface area (Å²) in [5.74, 6) is -0.0364. The summed E-state index contributed by atoms with van der Waals surface area (Å²) < 4.78 is 30.5. The third kappa shape index (κ3) is 3.82. The van der Waals surface area contributed by atoms with E-state index < -0.39 is 10.0 Å². The van der Waals surface area contributed by atoms with Crippen LogP contribution in [0.4, 0.5) is 11.4 Å². The molecule has 0 saturated carbocycles. The maximum atomic E-state index is 13.0. The normalized spacial score (nSPS) is 13.8. The van der Waals surface area contributed by atoms with Crippen LogP contribution in [-0.4, -0.2) is 30.7 Å². The molecule has 0 radical (unpaired) electrons. The van der Waals surface area contributed by atoms with Gasteiger partial charge in [0.1, 0.15) is 0 Å². The minimum atomic E-state index is -3.77. The fourth-order valence-electron chi connectivity index (χ4n) is 3.87. The molecule has 2 aromatic carbocycles. The van der Waals surface area contributed by atoms with E-state index in [0.717, 1.165) is 41.2 Å². The predicted molar refractivity (Wildman–Crippen MR) is 117 cm³/mol. The molecule has 1 amide bonds. The summed E-state index contributed by atoms with van der Waals surface area (Å²) in [4.78, 5) is 13.7. The third-order valence-electron chi connectivity index (χ3n) is 5.21. The van der Waals surface area contributed by atoms with Crippen LogP contribution in [0.2, 0.25) is 0 Å². The van der Waals surface area contributed by atoms with Crippen LogP contribution in [0, 0.1) is 13.8 Å². The van der Waals surface area contributed by atoms with E-state index in [9.17, 15) is 13.2 Å². The van der Waals surface area contributed by atoms with Gasteiger partial charge in [-0.15, -0.1) is 0 Å². The maximum Gasteiger partial charge on any atom is 0.261 e. The van der Waals surface area contributed by atoms with Crippen molar-refractivity contribution in [3.05, 3.63) is 65.5 Å². The highest BCUT2D eigenvalue weighted by molar-refractivity contribution is 7.92. The number of nitrogens with zero attached hydrogens (tertiary/aromatic N) is 3. The Kier molecular flexibility index (Phi) is 5.11. The fourth-order valence-corrected chi connectivity index (χ4v) is 4.97. The smallest absolute Gasteiger partial charge is 0.261 e. The van der Waals surface area contributed by atoms with E-state index in [1.165, 1.54) is 6.92 Å². The highest BCUT2D eigenvalue weighted by atomic mass is 32.2. The zero-order valence-corrected chi connectivity index (χ0v) is 18.0. The molecule has 1 aliphatic rings. The second-order valence-corrected chi connectivity index (χ2v) is 9.24. The highest BCUT2D eigenvalue weighted by Gasteiger charge is 2.23. The monoisotopic (exact) mass is 424 g/mol. The molecule has 0 fully saturated rings. The van der Waals surface area contributed by atoms with Crippen LogP contribution in [0.15, 0.2) is 53.4 Å². The molecule has 7 nitrogen and oxygen atoms in total. The van der Waals surface area contributed by atoms with Crippen molar-refractivity contribution < 1.29 is 13.2 Å². The van der Waals surface area contributed by atoms with Crippen LogP contribution in [0.5, 0.6) is 0 Å². The molecular formula is C22H24N4O3S. The summed E-state index contributed by atoms with van der Waals surface area (Å²) >= 11 is 0. The number of carbonyl (C=O) groups excluding carboxylic acids is 1. The van der Waals surface area contributed by atoms with Crippen molar-refractivity contribution in [3.63, 3.8) is 0 Å². The molecule has 30 heavy (non-hydrogen) atoms. The van der Waals surface area contributed by atoms with Gasteiger partial charge < -0.3 is 4.90 Å². The Morgan fingerprint density at radius 1 is 1.10 bits per heavy atom. The van der Waals surface area contributed by atoms with Gasteiger partial charge in [-0.25, -0.2) is 13.1 Å². The van der Waals surface area contributed by atoms with Crippen LogP contribution in [-0.2, 0) is 21.2 Å². The third-order valence-corrected chi connectivity index (χ3v) is 6.59. The topological polar surface area (TPSA) is 84.3 Å². The van der Waals surface area contributed by atoms with Gasteiger partial charge in [-0.2, -0.15) is 5.10 Å². The quantitative estimate of drug-likeness (QED) is 0.694. The maximum absolute atomic E-state index is 13.0. The van der Waals surface area contributed by atoms with Crippen molar-refractivity contribution in [2.24, 2.45) is 0 Å². The SMILES string of the molecule is CC(=O)N1CCCc2cc(S(=O)(=O)Nc3cccc(-n4nc(C)cc4C)c3)ccc21. The first kappa shape index (κ1) is 20.2. The predicted octanol–water partition coefficient (Wildman–Crippen LogP) is 3.59. The highest BCUT2D eigenvalue weighted by Crippen LogP contribution is 2.30. The summed E-state index contributed by atoms with van der Waals surface area (Å²) in [7, 11) is -3.77. The van der Waals surface area contributed by atoms with Crippen molar-refractivity contribution in [2.45, 2.75) is 38.5 Å². The van der Waals surface area contributed by atoms with Crippen molar-refractivity contribution in [1.29, 1.82) is 0 Å². The lowest BCUT2D eigenvalue weighted by Crippen LogP contribution is -2.33. The zero-order valence-electron chi connectivity index (χ0n) is 17.2. The number of rotatable bonds is 4. The van der Waals surface area contributed by atoms with Gasteiger partial charge in [-0.1, -0.05) is 6.07 Å². The summed E-state index contributed by atoms with van der Waals surface area (Å²) in [6.07, 6.45) is 1.56. The number of benzene rings is 2. The Hall–Kier alpha value is -3.13. The van der Waals surface area contributed by atoms with Crippen molar-refractivity contribution >= 4 is 27.3 Å². The van der Waals surface area contributed by atoms with Gasteiger partial charge in [0.15, 0.2) is 0 Å². The molecule has 3 aromatic rings. The second kappa shape index (κ2) is 7.60. The summed E-state index contributed by atoms with van der Waals surface area (Å²) in [6.45, 7) is 6.05. The molecule has 0 unspecified atom stereocenters. The van der Waals surface area contributed by atoms with Gasteiger partial charge in [0.25, 0.3) is 10.0 Å². The Bertz CT molecular complexity index is 1230. The van der Waals surface area contributed by atoms with E-state index in [1.54, 1.807) is 46.0 Å². The molecule has 0 spiro atoms. The molecule has 2 heterocycles. The van der Waals surface area contributed by atoms with E-state index in [4.69, 9.17) is 0 Å². The van der Waals surface area contributed by atoms with Crippen LogP contribution in [0.1, 0.15) is 30.3 Å². The van der Waals surface area contributed by atoms with E-state index in [0.29, 0.717) is 12.2 Å². The first-order valence-electron chi connectivity index (χ1n) is 9.82. The van der Waals surface area contributed by atoms with Crippen LogP contribution < -0.4 is 9.62 Å². The van der Waals surface area contributed by atoms with Gasteiger partial charge in [-0.05, 0) is 74.7 Å². The molecule has 0 aliphatic carbocycles. The number of aryl methyl sites for hydroxylation is 3. The molecule has 1 N–H and O–H groups in total. The molecule has 0 saturated heterocycles. The minimum absolute atomic E-state index is 0.0364. The number of sulfonamides is 1. The summed E-state index contributed by atoms with van der Waals surface area (Å²) in [5.41, 5.74) is 4.77. The number of fused-ring (bicyclic) bond motifs is 1. The van der Waals surface area contributed by atoms with Crippen LogP contribution in [0.3, 0.4) is 0 Å². The first-order valence-corrected chi connectivity index (χ1v) is 11.3. The summed E-state index contributed by atoms with van der Waals surface area (Å²) in [5, 5.41) is 4.45. The Morgan fingerprint density at radius 3 is 2.60 bits per heavy atom. The molecule has 1 aromatic heterocycles. The average molecular weight is 425 g/mol. The number of hydrogen-bond donors (Lipinski definition) is 1. The van der Waals surface area contributed by atoms with Gasteiger partial charge in [0.2, 0.25) is 5.91 Å². The molecule has 1 aliphatic heterocycles. The minimum Gasteiger partial charge on any atom is -0.312 e. The molecule has 0 atom stereocenters. The number of nitrogens with one attached hydrogen (secondary N) is 1. The number of anilines is 2. The lowest BCUT2D eigenvalue weighted by Gasteiger charge is -2.28. The van der Waals surface area contributed by atoms with Gasteiger partial charge in [0, 0.05) is 24.8 Å². The number of hydrogen-bond acceptors (Lipinski definition) is 4. The molecule has 156 valence electrons. The van der Waals surface area contributed by atoms with Crippen molar-refractivity contribution in [3.8, 4) is 5.69 Å². The number of amides is 1. The first-order chi connectivity index (χ1) is 14.2. The lowest BCUT2D eigenvalue weighted by atomic mass is 10.0. The van der Waals surface area contributed by atoms with E-state index >= 15 is 0 Å². The van der Waals surface area contributed by atoms with Crippen molar-refractivity contribution in [2.75, 3.05) is 16.2 Å².